The predicted octanol–water partition coefficient (Wildman–Crippen LogP) is 4.24. The fraction of sp³-hybridized carbons (Fsp3) is 0.316. The summed E-state index contributed by atoms with van der Waals surface area (Å²) in [6, 6.07) is 8.21. The lowest BCUT2D eigenvalue weighted by Crippen LogP contribution is -2.24. The molecule has 1 amide bonds. The van der Waals surface area contributed by atoms with Gasteiger partial charge in [-0.15, -0.1) is 0 Å². The fourth-order valence-corrected chi connectivity index (χ4v) is 3.19. The van der Waals surface area contributed by atoms with Gasteiger partial charge in [0.2, 0.25) is 0 Å². The highest BCUT2D eigenvalue weighted by atomic mass is 79.9. The molecule has 6 heteroatoms. The molecule has 0 spiro atoms. The van der Waals surface area contributed by atoms with Gasteiger partial charge in [0.05, 0.1) is 12.2 Å². The number of amides is 1. The molecule has 0 bridgehead atoms. The van der Waals surface area contributed by atoms with Crippen LogP contribution in [0, 0.1) is 5.82 Å². The zero-order chi connectivity index (χ0) is 18.0. The molecular formula is C19H19BrFNO3. The monoisotopic (exact) mass is 407 g/mol. The molecule has 1 heterocycles. The van der Waals surface area contributed by atoms with Gasteiger partial charge in [-0.05, 0) is 44.2 Å². The van der Waals surface area contributed by atoms with Crippen LogP contribution in [0.2, 0.25) is 0 Å². The Morgan fingerprint density at radius 3 is 2.92 bits per heavy atom. The summed E-state index contributed by atoms with van der Waals surface area (Å²) in [5.74, 6) is 0.496. The Bertz CT molecular complexity index is 809. The maximum Gasteiger partial charge on any atom is 0.254 e. The molecule has 0 unspecified atom stereocenters. The lowest BCUT2D eigenvalue weighted by molar-refractivity contribution is 0.0946. The Labute approximate surface area is 154 Å². The Morgan fingerprint density at radius 1 is 1.40 bits per heavy atom. The number of fused-ring (bicyclic) bond motifs is 1. The third-order valence-corrected chi connectivity index (χ3v) is 4.49. The fourth-order valence-electron chi connectivity index (χ4n) is 2.85. The van der Waals surface area contributed by atoms with Crippen LogP contribution in [0.4, 0.5) is 4.39 Å². The summed E-state index contributed by atoms with van der Waals surface area (Å²) in [6.45, 7) is 4.68. The molecule has 25 heavy (non-hydrogen) atoms. The first-order valence-electron chi connectivity index (χ1n) is 8.16. The lowest BCUT2D eigenvalue weighted by atomic mass is 10.1. The number of ether oxygens (including phenoxy) is 2. The molecule has 2 aromatic carbocycles. The number of hydrogen-bond acceptors (Lipinski definition) is 3. The van der Waals surface area contributed by atoms with Gasteiger partial charge in [-0.3, -0.25) is 4.79 Å². The minimum Gasteiger partial charge on any atom is -0.494 e. The van der Waals surface area contributed by atoms with Crippen molar-refractivity contribution in [2.24, 2.45) is 0 Å². The van der Waals surface area contributed by atoms with E-state index >= 15 is 0 Å². The molecule has 0 saturated heterocycles. The third-order valence-electron chi connectivity index (χ3n) is 3.99. The van der Waals surface area contributed by atoms with E-state index in [1.54, 1.807) is 6.07 Å². The molecule has 132 valence electrons. The van der Waals surface area contributed by atoms with Crippen LogP contribution in [0.5, 0.6) is 11.5 Å². The lowest BCUT2D eigenvalue weighted by Gasteiger charge is -2.13. The molecule has 2 aromatic rings. The van der Waals surface area contributed by atoms with Crippen molar-refractivity contribution in [1.29, 1.82) is 0 Å². The van der Waals surface area contributed by atoms with Crippen LogP contribution in [0.25, 0.3) is 0 Å². The predicted molar refractivity (Wildman–Crippen MR) is 96.7 cm³/mol. The average Bonchev–Trinajstić information content (AvgIpc) is 2.91. The summed E-state index contributed by atoms with van der Waals surface area (Å²) >= 11 is 3.18. The van der Waals surface area contributed by atoms with Crippen LogP contribution in [0.15, 0.2) is 34.8 Å². The van der Waals surface area contributed by atoms with Crippen molar-refractivity contribution in [3.05, 3.63) is 57.3 Å². The molecule has 0 radical (unpaired) electrons. The highest BCUT2D eigenvalue weighted by Gasteiger charge is 2.22. The zero-order valence-corrected chi connectivity index (χ0v) is 15.7. The zero-order valence-electron chi connectivity index (χ0n) is 14.1. The molecule has 0 aromatic heterocycles. The van der Waals surface area contributed by atoms with E-state index in [-0.39, 0.29) is 18.2 Å². The van der Waals surface area contributed by atoms with E-state index in [4.69, 9.17) is 9.47 Å². The second-order valence-corrected chi connectivity index (χ2v) is 6.86. The molecule has 0 fully saturated rings. The van der Waals surface area contributed by atoms with Gasteiger partial charge in [-0.2, -0.15) is 0 Å². The number of hydrogen-bond donors (Lipinski definition) is 1. The van der Waals surface area contributed by atoms with Crippen LogP contribution in [-0.4, -0.2) is 18.6 Å². The second-order valence-electron chi connectivity index (χ2n) is 5.94. The van der Waals surface area contributed by atoms with E-state index in [1.165, 1.54) is 12.1 Å². The van der Waals surface area contributed by atoms with Gasteiger partial charge in [0.1, 0.15) is 23.4 Å². The van der Waals surface area contributed by atoms with Gasteiger partial charge in [0.25, 0.3) is 5.91 Å². The van der Waals surface area contributed by atoms with E-state index in [0.29, 0.717) is 11.1 Å². The van der Waals surface area contributed by atoms with Gasteiger partial charge in [0.15, 0.2) is 0 Å². The summed E-state index contributed by atoms with van der Waals surface area (Å²) in [7, 11) is 0. The summed E-state index contributed by atoms with van der Waals surface area (Å²) in [6.07, 6.45) is 0.970. The minimum atomic E-state index is -0.567. The summed E-state index contributed by atoms with van der Waals surface area (Å²) in [5.41, 5.74) is 1.91. The third kappa shape index (κ3) is 3.95. The molecular weight excluding hydrogens is 389 g/mol. The summed E-state index contributed by atoms with van der Waals surface area (Å²) in [5, 5.41) is 2.75. The largest absolute Gasteiger partial charge is 0.494 e. The molecule has 1 N–H and O–H groups in total. The van der Waals surface area contributed by atoms with Crippen LogP contribution < -0.4 is 14.8 Å². The topological polar surface area (TPSA) is 47.6 Å². The first-order valence-corrected chi connectivity index (χ1v) is 8.95. The van der Waals surface area contributed by atoms with Crippen LogP contribution >= 0.6 is 15.9 Å². The SMILES string of the molecule is CCOc1cc2c(cc1CNC(=O)c1ccc(Br)cc1F)O[C@H](C)C2. The highest BCUT2D eigenvalue weighted by Crippen LogP contribution is 2.35. The standard InChI is InChI=1S/C19H19BrFNO3/c1-3-24-17-7-12-6-11(2)25-18(12)8-13(17)10-22-19(23)15-5-4-14(20)9-16(15)21/h4-5,7-9,11H,3,6,10H2,1-2H3,(H,22,23)/t11-/m1/s1. The van der Waals surface area contributed by atoms with Gasteiger partial charge in [-0.25, -0.2) is 4.39 Å². The van der Waals surface area contributed by atoms with Gasteiger partial charge >= 0.3 is 0 Å². The molecule has 0 saturated carbocycles. The van der Waals surface area contributed by atoms with E-state index in [0.717, 1.165) is 29.0 Å². The number of halogens is 2. The van der Waals surface area contributed by atoms with Crippen LogP contribution in [0.3, 0.4) is 0 Å². The molecule has 4 nitrogen and oxygen atoms in total. The quantitative estimate of drug-likeness (QED) is 0.805. The van der Waals surface area contributed by atoms with Gasteiger partial charge in [-0.1, -0.05) is 15.9 Å². The average molecular weight is 408 g/mol. The minimum absolute atomic E-state index is 0.00666. The van der Waals surface area contributed by atoms with Crippen molar-refractivity contribution in [3.63, 3.8) is 0 Å². The maximum atomic E-state index is 13.9. The summed E-state index contributed by atoms with van der Waals surface area (Å²) < 4.78 is 26.0. The van der Waals surface area contributed by atoms with E-state index in [9.17, 15) is 9.18 Å². The molecule has 3 rings (SSSR count). The van der Waals surface area contributed by atoms with Crippen LogP contribution in [-0.2, 0) is 13.0 Å². The first kappa shape index (κ1) is 17.7. The molecule has 1 aliphatic heterocycles. The maximum absolute atomic E-state index is 13.9. The normalized spacial score (nSPS) is 15.4. The van der Waals surface area contributed by atoms with Gasteiger partial charge in [0, 0.05) is 28.6 Å². The van der Waals surface area contributed by atoms with Crippen molar-refractivity contribution in [2.45, 2.75) is 32.9 Å². The number of benzene rings is 2. The Balaban J connectivity index is 1.78. The van der Waals surface area contributed by atoms with E-state index < -0.39 is 11.7 Å². The molecule has 1 atom stereocenters. The number of nitrogens with one attached hydrogen (secondary N) is 1. The highest BCUT2D eigenvalue weighted by molar-refractivity contribution is 9.10. The van der Waals surface area contributed by atoms with E-state index in [1.807, 2.05) is 26.0 Å². The van der Waals surface area contributed by atoms with Crippen molar-refractivity contribution in [3.8, 4) is 11.5 Å². The first-order chi connectivity index (χ1) is 12.0. The second kappa shape index (κ2) is 7.44. The summed E-state index contributed by atoms with van der Waals surface area (Å²) in [4.78, 5) is 12.3. The number of carbonyl (C=O) groups excluding carboxylic acids is 1. The van der Waals surface area contributed by atoms with Gasteiger partial charge < -0.3 is 14.8 Å². The molecule has 1 aliphatic rings. The van der Waals surface area contributed by atoms with Crippen molar-refractivity contribution >= 4 is 21.8 Å². The Morgan fingerprint density at radius 2 is 2.20 bits per heavy atom. The van der Waals surface area contributed by atoms with Crippen molar-refractivity contribution < 1.29 is 18.7 Å². The number of carbonyl (C=O) groups is 1. The number of rotatable bonds is 5. The van der Waals surface area contributed by atoms with E-state index in [2.05, 4.69) is 21.2 Å². The Hall–Kier alpha value is -2.08. The van der Waals surface area contributed by atoms with Crippen LogP contribution in [0.1, 0.15) is 35.3 Å². The Kier molecular flexibility index (Phi) is 5.27. The van der Waals surface area contributed by atoms with Crippen molar-refractivity contribution in [2.75, 3.05) is 6.61 Å². The smallest absolute Gasteiger partial charge is 0.254 e. The van der Waals surface area contributed by atoms with Crippen molar-refractivity contribution in [1.82, 2.24) is 5.32 Å². The molecule has 0 aliphatic carbocycles.